The number of Topliss-reactive ketones (excluding diaryl/α,β-unsaturated/α-hetero) is 1. The molecule has 4 aromatic carbocycles. The van der Waals surface area contributed by atoms with Crippen molar-refractivity contribution < 1.29 is 51.5 Å². The van der Waals surface area contributed by atoms with Crippen LogP contribution in [0.4, 0.5) is 9.59 Å². The van der Waals surface area contributed by atoms with Crippen LogP contribution in [-0.4, -0.2) is 54.4 Å². The third kappa shape index (κ3) is 17.0. The largest absolute Gasteiger partial charge is 0.445 e. The highest BCUT2D eigenvalue weighted by molar-refractivity contribution is 7.54. The fourth-order valence-electron chi connectivity index (χ4n) is 3.91. The van der Waals surface area contributed by atoms with Gasteiger partial charge in [-0.3, -0.25) is 9.32 Å². The van der Waals surface area contributed by atoms with Gasteiger partial charge in [-0.1, -0.05) is 97.1 Å². The van der Waals surface area contributed by atoms with E-state index in [1.54, 1.807) is 60.7 Å². The number of hydrogen-bond acceptors (Lipinski definition) is 10. The summed E-state index contributed by atoms with van der Waals surface area (Å²) in [6, 6.07) is 35.4. The molecule has 0 bridgehead atoms. The maximum Gasteiger partial charge on any atom is 0.407 e. The molecule has 0 aliphatic heterocycles. The average molecular weight is 741 g/mol. The summed E-state index contributed by atoms with van der Waals surface area (Å²) in [5, 5.41) is 4.94. The SMILES string of the molecule is CC(=O)C(C)OP(=O)(CCNC(=O)OCc1ccccc1)Oc1ccccc1.O=C(NCCP(=O)(O)Oc1ccccc1)OCc1ccccc1. The van der Waals surface area contributed by atoms with E-state index in [1.165, 1.54) is 13.8 Å². The molecular weight excluding hydrogens is 698 g/mol. The summed E-state index contributed by atoms with van der Waals surface area (Å²) >= 11 is 0. The van der Waals surface area contributed by atoms with E-state index in [-0.39, 0.29) is 44.4 Å². The average Bonchev–Trinajstić information content (AvgIpc) is 3.11. The van der Waals surface area contributed by atoms with Crippen LogP contribution >= 0.6 is 15.2 Å². The maximum absolute atomic E-state index is 13.1. The third-order valence-corrected chi connectivity index (χ3v) is 9.80. The molecule has 0 fully saturated rings. The Morgan fingerprint density at radius 1 is 0.627 bits per heavy atom. The molecule has 272 valence electrons. The summed E-state index contributed by atoms with van der Waals surface area (Å²) < 4.78 is 51.0. The lowest BCUT2D eigenvalue weighted by atomic mass is 10.2. The summed E-state index contributed by atoms with van der Waals surface area (Å²) in [4.78, 5) is 44.6. The van der Waals surface area contributed by atoms with E-state index >= 15 is 0 Å². The number of hydrogen-bond donors (Lipinski definition) is 3. The summed E-state index contributed by atoms with van der Waals surface area (Å²) in [6.07, 6.45) is -2.50. The van der Waals surface area contributed by atoms with Gasteiger partial charge in [0.05, 0.1) is 12.3 Å². The Kier molecular flexibility index (Phi) is 16.9. The Labute approximate surface area is 297 Å². The molecule has 13 nitrogen and oxygen atoms in total. The summed E-state index contributed by atoms with van der Waals surface area (Å²) in [6.45, 7) is 3.10. The molecule has 2 amide bonds. The van der Waals surface area contributed by atoms with Gasteiger partial charge in [-0.25, -0.2) is 18.7 Å². The van der Waals surface area contributed by atoms with Crippen LogP contribution in [0.3, 0.4) is 0 Å². The van der Waals surface area contributed by atoms with Crippen molar-refractivity contribution >= 4 is 33.2 Å². The predicted octanol–water partition coefficient (Wildman–Crippen LogP) is 7.36. The topological polar surface area (TPSA) is 176 Å². The molecule has 3 atom stereocenters. The highest BCUT2D eigenvalue weighted by Crippen LogP contribution is 2.49. The molecule has 0 saturated carbocycles. The van der Waals surface area contributed by atoms with Gasteiger partial charge in [0, 0.05) is 13.1 Å². The Balaban J connectivity index is 0.000000281. The fourth-order valence-corrected chi connectivity index (χ4v) is 6.55. The number of amides is 2. The number of alkyl carbamates (subject to hydrolysis) is 2. The molecule has 4 aromatic rings. The number of para-hydroxylation sites is 2. The number of carbonyl (C=O) groups is 3. The van der Waals surface area contributed by atoms with Gasteiger partial charge in [0.1, 0.15) is 30.8 Å². The van der Waals surface area contributed by atoms with Crippen LogP contribution in [0.2, 0.25) is 0 Å². The molecule has 15 heteroatoms. The molecule has 0 aliphatic carbocycles. The normalized spacial score (nSPS) is 13.4. The van der Waals surface area contributed by atoms with Crippen LogP contribution in [-0.2, 0) is 41.1 Å². The number of benzene rings is 4. The van der Waals surface area contributed by atoms with E-state index in [9.17, 15) is 28.4 Å². The van der Waals surface area contributed by atoms with E-state index in [2.05, 4.69) is 10.6 Å². The van der Waals surface area contributed by atoms with Crippen molar-refractivity contribution in [3.63, 3.8) is 0 Å². The Morgan fingerprint density at radius 2 is 1.02 bits per heavy atom. The smallest absolute Gasteiger partial charge is 0.407 e. The van der Waals surface area contributed by atoms with Crippen molar-refractivity contribution in [1.82, 2.24) is 10.6 Å². The Hall–Kier alpha value is -4.93. The fraction of sp³-hybridized carbons (Fsp3) is 0.250. The van der Waals surface area contributed by atoms with E-state index < -0.39 is 33.5 Å². The first-order valence-electron chi connectivity index (χ1n) is 15.9. The molecule has 51 heavy (non-hydrogen) atoms. The first-order chi connectivity index (χ1) is 24.4. The second-order valence-electron chi connectivity index (χ2n) is 10.8. The predicted molar refractivity (Wildman–Crippen MR) is 192 cm³/mol. The number of nitrogens with one attached hydrogen (secondary N) is 2. The molecule has 3 N–H and O–H groups in total. The third-order valence-electron chi connectivity index (χ3n) is 6.61. The van der Waals surface area contributed by atoms with Crippen LogP contribution in [0, 0.1) is 0 Å². The second-order valence-corrected chi connectivity index (χ2v) is 14.8. The highest BCUT2D eigenvalue weighted by atomic mass is 31.2. The monoisotopic (exact) mass is 740 g/mol. The summed E-state index contributed by atoms with van der Waals surface area (Å²) in [5.74, 6) is 0.394. The Morgan fingerprint density at radius 3 is 1.45 bits per heavy atom. The van der Waals surface area contributed by atoms with Crippen LogP contribution < -0.4 is 19.7 Å². The van der Waals surface area contributed by atoms with E-state index in [4.69, 9.17) is 23.0 Å². The lowest BCUT2D eigenvalue weighted by Crippen LogP contribution is -2.28. The van der Waals surface area contributed by atoms with Crippen molar-refractivity contribution in [3.8, 4) is 11.5 Å². The molecular formula is C36H42N2O11P2. The van der Waals surface area contributed by atoms with Gasteiger partial charge in [-0.15, -0.1) is 0 Å². The van der Waals surface area contributed by atoms with Crippen molar-refractivity contribution in [1.29, 1.82) is 0 Å². The number of carbonyl (C=O) groups excluding carboxylic acids is 3. The molecule has 4 rings (SSSR count). The molecule has 0 saturated heterocycles. The zero-order valence-electron chi connectivity index (χ0n) is 28.3. The van der Waals surface area contributed by atoms with E-state index in [0.717, 1.165) is 11.1 Å². The zero-order valence-corrected chi connectivity index (χ0v) is 30.1. The molecule has 0 aliphatic rings. The van der Waals surface area contributed by atoms with Gasteiger partial charge >= 0.3 is 27.4 Å². The standard InChI is InChI=1S/C20H24NO6P.C16H18NO5P/c1-16(22)17(2)26-28(24,27-19-11-7-4-8-12-19)14-13-21-20(23)25-15-18-9-5-3-6-10-18;18-16(21-13-14-7-3-1-4-8-14)17-11-12-23(19,20)22-15-9-5-2-6-10-15/h3-12,17H,13-15H2,1-2H3,(H,21,23);1-10H,11-13H2,(H,17,18)(H,19,20). The van der Waals surface area contributed by atoms with Crippen molar-refractivity contribution in [3.05, 3.63) is 132 Å². The molecule has 3 unspecified atom stereocenters. The number of ketones is 1. The number of rotatable bonds is 17. The van der Waals surface area contributed by atoms with Crippen LogP contribution in [0.25, 0.3) is 0 Å². The van der Waals surface area contributed by atoms with Crippen LogP contribution in [0.15, 0.2) is 121 Å². The Bertz CT molecular complexity index is 1730. The van der Waals surface area contributed by atoms with Crippen LogP contribution in [0.1, 0.15) is 25.0 Å². The minimum atomic E-state index is -3.82. The van der Waals surface area contributed by atoms with E-state index in [1.807, 2.05) is 60.7 Å². The quantitative estimate of drug-likeness (QED) is 0.0923. The second kappa shape index (κ2) is 21.3. The molecule has 0 spiro atoms. The van der Waals surface area contributed by atoms with Gasteiger partial charge in [-0.05, 0) is 49.2 Å². The molecule has 0 heterocycles. The molecule has 0 aromatic heterocycles. The van der Waals surface area contributed by atoms with Crippen molar-refractivity contribution in [2.24, 2.45) is 0 Å². The lowest BCUT2D eigenvalue weighted by Gasteiger charge is -2.22. The summed E-state index contributed by atoms with van der Waals surface area (Å²) in [5.41, 5.74) is 1.72. The number of ether oxygens (including phenoxy) is 2. The van der Waals surface area contributed by atoms with Gasteiger partial charge in [0.15, 0.2) is 5.78 Å². The van der Waals surface area contributed by atoms with Gasteiger partial charge in [0.25, 0.3) is 0 Å². The highest BCUT2D eigenvalue weighted by Gasteiger charge is 2.30. The molecule has 0 radical (unpaired) electrons. The minimum absolute atomic E-state index is 0.00234. The first kappa shape index (κ1) is 40.5. The van der Waals surface area contributed by atoms with Crippen molar-refractivity contribution in [2.75, 3.05) is 25.4 Å². The van der Waals surface area contributed by atoms with E-state index in [0.29, 0.717) is 11.5 Å². The van der Waals surface area contributed by atoms with Gasteiger partial charge < -0.3 is 34.0 Å². The minimum Gasteiger partial charge on any atom is -0.445 e. The lowest BCUT2D eigenvalue weighted by molar-refractivity contribution is -0.123. The zero-order chi connectivity index (χ0) is 37.0. The van der Waals surface area contributed by atoms with Gasteiger partial charge in [0.2, 0.25) is 0 Å². The van der Waals surface area contributed by atoms with Crippen molar-refractivity contribution in [2.45, 2.75) is 33.2 Å². The van der Waals surface area contributed by atoms with Gasteiger partial charge in [-0.2, -0.15) is 0 Å². The first-order valence-corrected chi connectivity index (χ1v) is 19.4. The summed E-state index contributed by atoms with van der Waals surface area (Å²) in [7, 11) is -7.49. The maximum atomic E-state index is 13.1. The van der Waals surface area contributed by atoms with Crippen LogP contribution in [0.5, 0.6) is 11.5 Å².